The van der Waals surface area contributed by atoms with E-state index >= 15 is 0 Å². The van der Waals surface area contributed by atoms with E-state index in [1.165, 1.54) is 31.2 Å². The molecule has 9 heteroatoms. The van der Waals surface area contributed by atoms with Crippen molar-refractivity contribution in [2.45, 2.75) is 17.7 Å². The van der Waals surface area contributed by atoms with Crippen LogP contribution in [0, 0.1) is 0 Å². The molecule has 0 heterocycles. The Kier molecular flexibility index (Phi) is 5.89. The summed E-state index contributed by atoms with van der Waals surface area (Å²) in [6.45, 7) is 0.216. The average molecular weight is 330 g/mol. The number of ether oxygens (including phenoxy) is 1. The van der Waals surface area contributed by atoms with E-state index in [0.717, 1.165) is 6.07 Å². The molecule has 0 bridgehead atoms. The highest BCUT2D eigenvalue weighted by molar-refractivity contribution is 7.89. The number of amides is 1. The van der Waals surface area contributed by atoms with Gasteiger partial charge < -0.3 is 14.7 Å². The number of nitrogens with zero attached hydrogens (tertiary/aromatic N) is 1. The fraction of sp³-hybridized carbons (Fsp3) is 0.385. The van der Waals surface area contributed by atoms with E-state index in [1.54, 1.807) is 0 Å². The Morgan fingerprint density at radius 1 is 1.36 bits per heavy atom. The molecule has 0 radical (unpaired) electrons. The van der Waals surface area contributed by atoms with Gasteiger partial charge in [-0.05, 0) is 24.6 Å². The van der Waals surface area contributed by atoms with Gasteiger partial charge in [-0.25, -0.2) is 13.6 Å². The van der Waals surface area contributed by atoms with Gasteiger partial charge in [-0.3, -0.25) is 9.59 Å². The van der Waals surface area contributed by atoms with E-state index < -0.39 is 21.9 Å². The minimum Gasteiger partial charge on any atom is -0.496 e. The highest BCUT2D eigenvalue weighted by Crippen LogP contribution is 2.23. The molecule has 3 N–H and O–H groups in total. The average Bonchev–Trinajstić information content (AvgIpc) is 2.44. The summed E-state index contributed by atoms with van der Waals surface area (Å²) in [5.74, 6) is -1.22. The van der Waals surface area contributed by atoms with Gasteiger partial charge in [0.25, 0.3) is 5.91 Å². The lowest BCUT2D eigenvalue weighted by Gasteiger charge is -2.18. The summed E-state index contributed by atoms with van der Waals surface area (Å²) in [4.78, 5) is 23.9. The third-order valence-electron chi connectivity index (χ3n) is 2.96. The molecular formula is C13H18N2O6S. The normalized spacial score (nSPS) is 11.0. The van der Waals surface area contributed by atoms with Crippen molar-refractivity contribution in [2.24, 2.45) is 5.14 Å². The third kappa shape index (κ3) is 4.71. The molecule has 8 nitrogen and oxygen atoms in total. The minimum atomic E-state index is -3.94. The number of aliphatic carboxylic acids is 1. The summed E-state index contributed by atoms with van der Waals surface area (Å²) in [7, 11) is -1.09. The van der Waals surface area contributed by atoms with Crippen molar-refractivity contribution < 1.29 is 27.9 Å². The number of carbonyl (C=O) groups excluding carboxylic acids is 1. The first-order chi connectivity index (χ1) is 10.2. The molecule has 0 saturated carbocycles. The number of carboxylic acids is 1. The number of nitrogens with two attached hydrogens (primary N) is 1. The number of rotatable bonds is 7. The Bertz CT molecular complexity index is 671. The molecule has 1 amide bonds. The lowest BCUT2D eigenvalue weighted by atomic mass is 10.1. The van der Waals surface area contributed by atoms with Crippen molar-refractivity contribution in [3.05, 3.63) is 23.8 Å². The van der Waals surface area contributed by atoms with E-state index in [2.05, 4.69) is 0 Å². The first-order valence-electron chi connectivity index (χ1n) is 6.35. The van der Waals surface area contributed by atoms with Gasteiger partial charge in [0, 0.05) is 20.0 Å². The number of hydrogen-bond donors (Lipinski definition) is 2. The Balaban J connectivity index is 3.02. The molecule has 1 aromatic rings. The van der Waals surface area contributed by atoms with Crippen LogP contribution in [0.4, 0.5) is 0 Å². The van der Waals surface area contributed by atoms with Gasteiger partial charge in [0.15, 0.2) is 0 Å². The number of carbonyl (C=O) groups is 2. The van der Waals surface area contributed by atoms with Gasteiger partial charge in [0.2, 0.25) is 10.0 Å². The zero-order chi connectivity index (χ0) is 16.9. The standard InChI is InChI=1S/C13H18N2O6S/c1-15(7-3-4-12(16)17)13(18)10-8-9(22(14,19)20)5-6-11(10)21-2/h5-6,8H,3-4,7H2,1-2H3,(H,16,17)(H2,14,19,20). The van der Waals surface area contributed by atoms with Crippen molar-refractivity contribution >= 4 is 21.9 Å². The number of sulfonamides is 1. The van der Waals surface area contributed by atoms with Crippen LogP contribution in [0.3, 0.4) is 0 Å². The van der Waals surface area contributed by atoms with Gasteiger partial charge in [-0.1, -0.05) is 0 Å². The summed E-state index contributed by atoms with van der Waals surface area (Å²) in [6, 6.07) is 3.73. The molecular weight excluding hydrogens is 312 g/mol. The van der Waals surface area contributed by atoms with Gasteiger partial charge in [-0.15, -0.1) is 0 Å². The van der Waals surface area contributed by atoms with Gasteiger partial charge in [-0.2, -0.15) is 0 Å². The smallest absolute Gasteiger partial charge is 0.303 e. The Hall–Kier alpha value is -2.13. The molecule has 1 rings (SSSR count). The van der Waals surface area contributed by atoms with Crippen molar-refractivity contribution in [2.75, 3.05) is 20.7 Å². The van der Waals surface area contributed by atoms with Crippen LogP contribution in [0.5, 0.6) is 5.75 Å². The van der Waals surface area contributed by atoms with E-state index in [-0.39, 0.29) is 35.6 Å². The van der Waals surface area contributed by atoms with E-state index in [9.17, 15) is 18.0 Å². The summed E-state index contributed by atoms with van der Waals surface area (Å²) in [5.41, 5.74) is 0.0480. The molecule has 0 spiro atoms. The highest BCUT2D eigenvalue weighted by Gasteiger charge is 2.20. The van der Waals surface area contributed by atoms with E-state index in [4.69, 9.17) is 15.0 Å². The number of methoxy groups -OCH3 is 1. The predicted molar refractivity (Wildman–Crippen MR) is 78.2 cm³/mol. The summed E-state index contributed by atoms with van der Waals surface area (Å²) in [5, 5.41) is 13.6. The fourth-order valence-electron chi connectivity index (χ4n) is 1.81. The second kappa shape index (κ2) is 7.23. The van der Waals surface area contributed by atoms with Gasteiger partial charge in [0.05, 0.1) is 17.6 Å². The van der Waals surface area contributed by atoms with Gasteiger partial charge in [0.1, 0.15) is 5.75 Å². The van der Waals surface area contributed by atoms with Crippen LogP contribution in [-0.4, -0.2) is 51.0 Å². The molecule has 122 valence electrons. The minimum absolute atomic E-state index is 0.0480. The molecule has 22 heavy (non-hydrogen) atoms. The zero-order valence-corrected chi connectivity index (χ0v) is 13.1. The van der Waals surface area contributed by atoms with Crippen LogP contribution in [0.15, 0.2) is 23.1 Å². The van der Waals surface area contributed by atoms with Crippen molar-refractivity contribution in [1.29, 1.82) is 0 Å². The van der Waals surface area contributed by atoms with Crippen LogP contribution in [0.1, 0.15) is 23.2 Å². The summed E-state index contributed by atoms with van der Waals surface area (Å²) in [6.07, 6.45) is 0.223. The molecule has 0 aliphatic heterocycles. The molecule has 1 aromatic carbocycles. The van der Waals surface area contributed by atoms with Crippen LogP contribution >= 0.6 is 0 Å². The number of benzene rings is 1. The number of carboxylic acid groups (broad SMARTS) is 1. The maximum absolute atomic E-state index is 12.3. The molecule has 0 atom stereocenters. The fourth-order valence-corrected chi connectivity index (χ4v) is 2.35. The zero-order valence-electron chi connectivity index (χ0n) is 12.3. The Morgan fingerprint density at radius 3 is 2.50 bits per heavy atom. The van der Waals surface area contributed by atoms with Crippen molar-refractivity contribution in [1.82, 2.24) is 4.90 Å². The van der Waals surface area contributed by atoms with Crippen LogP contribution in [0.2, 0.25) is 0 Å². The quantitative estimate of drug-likeness (QED) is 0.739. The maximum Gasteiger partial charge on any atom is 0.303 e. The Labute approximate surface area is 128 Å². The summed E-state index contributed by atoms with van der Waals surface area (Å²) < 4.78 is 27.8. The topological polar surface area (TPSA) is 127 Å². The van der Waals surface area contributed by atoms with Crippen LogP contribution in [0.25, 0.3) is 0 Å². The lowest BCUT2D eigenvalue weighted by Crippen LogP contribution is -2.28. The van der Waals surface area contributed by atoms with E-state index in [1.807, 2.05) is 0 Å². The summed E-state index contributed by atoms with van der Waals surface area (Å²) >= 11 is 0. The number of hydrogen-bond acceptors (Lipinski definition) is 5. The molecule has 0 aliphatic carbocycles. The predicted octanol–water partition coefficient (Wildman–Crippen LogP) is 0.279. The van der Waals surface area contributed by atoms with Crippen LogP contribution in [-0.2, 0) is 14.8 Å². The third-order valence-corrected chi connectivity index (χ3v) is 3.87. The first-order valence-corrected chi connectivity index (χ1v) is 7.89. The molecule has 0 fully saturated rings. The molecule has 0 unspecified atom stereocenters. The second-order valence-corrected chi connectivity index (χ2v) is 6.19. The Morgan fingerprint density at radius 2 is 2.00 bits per heavy atom. The van der Waals surface area contributed by atoms with Crippen molar-refractivity contribution in [3.8, 4) is 5.75 Å². The molecule has 0 saturated heterocycles. The largest absolute Gasteiger partial charge is 0.496 e. The molecule has 0 aromatic heterocycles. The van der Waals surface area contributed by atoms with Crippen molar-refractivity contribution in [3.63, 3.8) is 0 Å². The van der Waals surface area contributed by atoms with Gasteiger partial charge >= 0.3 is 5.97 Å². The molecule has 0 aliphatic rings. The van der Waals surface area contributed by atoms with E-state index in [0.29, 0.717) is 0 Å². The van der Waals surface area contributed by atoms with Crippen LogP contribution < -0.4 is 9.88 Å². The second-order valence-electron chi connectivity index (χ2n) is 4.63. The SMILES string of the molecule is COc1ccc(S(N)(=O)=O)cc1C(=O)N(C)CCCC(=O)O. The first kappa shape index (κ1) is 17.9. The lowest BCUT2D eigenvalue weighted by molar-refractivity contribution is -0.137. The maximum atomic E-state index is 12.3. The highest BCUT2D eigenvalue weighted by atomic mass is 32.2. The monoisotopic (exact) mass is 330 g/mol. The number of primary sulfonamides is 1.